The van der Waals surface area contributed by atoms with Crippen molar-refractivity contribution in [3.63, 3.8) is 0 Å². The summed E-state index contributed by atoms with van der Waals surface area (Å²) in [6.07, 6.45) is 8.01. The number of rotatable bonds is 10. The monoisotopic (exact) mass is 393 g/mol. The molecular weight excluding hydrogens is 362 g/mol. The van der Waals surface area contributed by atoms with E-state index in [1.807, 2.05) is 51.1 Å². The Morgan fingerprint density at radius 2 is 2.17 bits per heavy atom. The van der Waals surface area contributed by atoms with E-state index in [4.69, 9.17) is 15.1 Å². The Bertz CT molecular complexity index is 889. The van der Waals surface area contributed by atoms with Gasteiger partial charge in [-0.15, -0.1) is 0 Å². The molecule has 154 valence electrons. The normalized spacial score (nSPS) is 12.8. The summed E-state index contributed by atoms with van der Waals surface area (Å²) >= 11 is 0. The number of anilines is 1. The fourth-order valence-electron chi connectivity index (χ4n) is 2.83. The molecule has 0 bridgehead atoms. The van der Waals surface area contributed by atoms with Gasteiger partial charge in [0.25, 0.3) is 0 Å². The van der Waals surface area contributed by atoms with Crippen LogP contribution in [0.3, 0.4) is 0 Å². The van der Waals surface area contributed by atoms with Gasteiger partial charge in [-0.2, -0.15) is 0 Å². The molecule has 1 unspecified atom stereocenters. The van der Waals surface area contributed by atoms with Crippen LogP contribution in [-0.2, 0) is 0 Å². The molecule has 0 spiro atoms. The SMILES string of the molecule is C/C=C\C(CNc1cc(-c2cccnc2OCC)nc(C=N)c1C)=N/C(C)CC. The topological polar surface area (TPSA) is 83.3 Å². The van der Waals surface area contributed by atoms with Crippen molar-refractivity contribution in [2.45, 2.75) is 47.1 Å². The molecule has 2 N–H and O–H groups in total. The molecule has 2 aromatic rings. The van der Waals surface area contributed by atoms with Crippen LogP contribution in [0.4, 0.5) is 5.69 Å². The van der Waals surface area contributed by atoms with Gasteiger partial charge in [-0.3, -0.25) is 4.99 Å². The molecule has 0 aromatic carbocycles. The van der Waals surface area contributed by atoms with Crippen molar-refractivity contribution in [3.8, 4) is 17.1 Å². The zero-order valence-corrected chi connectivity index (χ0v) is 18.0. The predicted molar refractivity (Wildman–Crippen MR) is 122 cm³/mol. The van der Waals surface area contributed by atoms with Gasteiger partial charge >= 0.3 is 0 Å². The van der Waals surface area contributed by atoms with Gasteiger partial charge < -0.3 is 15.5 Å². The summed E-state index contributed by atoms with van der Waals surface area (Å²) in [7, 11) is 0. The number of nitrogens with one attached hydrogen (secondary N) is 2. The van der Waals surface area contributed by atoms with Crippen LogP contribution in [-0.4, -0.2) is 41.1 Å². The first kappa shape index (κ1) is 22.3. The molecule has 1 atom stereocenters. The van der Waals surface area contributed by atoms with Crippen LogP contribution in [0.5, 0.6) is 5.88 Å². The Morgan fingerprint density at radius 1 is 1.38 bits per heavy atom. The Hall–Kier alpha value is -3.02. The quantitative estimate of drug-likeness (QED) is 0.552. The lowest BCUT2D eigenvalue weighted by atomic mass is 10.1. The van der Waals surface area contributed by atoms with Crippen LogP contribution >= 0.6 is 0 Å². The highest BCUT2D eigenvalue weighted by Crippen LogP contribution is 2.30. The third-order valence-corrected chi connectivity index (χ3v) is 4.57. The average molecular weight is 394 g/mol. The second-order valence-corrected chi connectivity index (χ2v) is 6.73. The van der Waals surface area contributed by atoms with Crippen molar-refractivity contribution in [2.24, 2.45) is 4.99 Å². The van der Waals surface area contributed by atoms with E-state index < -0.39 is 0 Å². The summed E-state index contributed by atoms with van der Waals surface area (Å²) in [6, 6.07) is 6.05. The molecule has 2 heterocycles. The van der Waals surface area contributed by atoms with Gasteiger partial charge in [-0.25, -0.2) is 9.97 Å². The summed E-state index contributed by atoms with van der Waals surface area (Å²) in [5, 5.41) is 11.3. The van der Waals surface area contributed by atoms with Gasteiger partial charge in [0.05, 0.1) is 35.8 Å². The van der Waals surface area contributed by atoms with Crippen molar-refractivity contribution in [1.82, 2.24) is 9.97 Å². The molecular formula is C23H31N5O. The molecule has 2 aromatic heterocycles. The number of hydrogen-bond donors (Lipinski definition) is 2. The number of nitrogens with zero attached hydrogens (tertiary/aromatic N) is 3. The van der Waals surface area contributed by atoms with E-state index in [-0.39, 0.29) is 6.04 Å². The third-order valence-electron chi connectivity index (χ3n) is 4.57. The second kappa shape index (κ2) is 11.1. The maximum atomic E-state index is 7.78. The van der Waals surface area contributed by atoms with Crippen LogP contribution in [0, 0.1) is 12.3 Å². The van der Waals surface area contributed by atoms with E-state index in [0.717, 1.165) is 34.6 Å². The Morgan fingerprint density at radius 3 is 2.83 bits per heavy atom. The number of aliphatic imine (C=N–C) groups is 1. The maximum Gasteiger partial charge on any atom is 0.222 e. The maximum absolute atomic E-state index is 7.78. The van der Waals surface area contributed by atoms with Gasteiger partial charge in [0, 0.05) is 24.1 Å². The zero-order valence-electron chi connectivity index (χ0n) is 18.0. The highest BCUT2D eigenvalue weighted by molar-refractivity contribution is 5.98. The van der Waals surface area contributed by atoms with E-state index in [0.29, 0.717) is 24.7 Å². The lowest BCUT2D eigenvalue weighted by Crippen LogP contribution is -2.16. The molecule has 0 saturated heterocycles. The lowest BCUT2D eigenvalue weighted by Gasteiger charge is -2.15. The summed E-state index contributed by atoms with van der Waals surface area (Å²) in [5.41, 5.74) is 4.98. The van der Waals surface area contributed by atoms with Crippen molar-refractivity contribution >= 4 is 17.6 Å². The summed E-state index contributed by atoms with van der Waals surface area (Å²) < 4.78 is 5.66. The average Bonchev–Trinajstić information content (AvgIpc) is 2.73. The molecule has 0 aliphatic carbocycles. The largest absolute Gasteiger partial charge is 0.477 e. The van der Waals surface area contributed by atoms with Crippen molar-refractivity contribution in [1.29, 1.82) is 5.41 Å². The molecule has 29 heavy (non-hydrogen) atoms. The second-order valence-electron chi connectivity index (χ2n) is 6.73. The minimum atomic E-state index is 0.276. The van der Waals surface area contributed by atoms with Crippen LogP contribution in [0.2, 0.25) is 0 Å². The summed E-state index contributed by atoms with van der Waals surface area (Å²) in [5.74, 6) is 0.543. The van der Waals surface area contributed by atoms with E-state index in [9.17, 15) is 0 Å². The number of ether oxygens (including phenoxy) is 1. The highest BCUT2D eigenvalue weighted by Gasteiger charge is 2.14. The van der Waals surface area contributed by atoms with E-state index in [1.165, 1.54) is 6.21 Å². The molecule has 0 radical (unpaired) electrons. The van der Waals surface area contributed by atoms with Gasteiger partial charge in [0.15, 0.2) is 0 Å². The van der Waals surface area contributed by atoms with Gasteiger partial charge in [0.2, 0.25) is 5.88 Å². The Kier molecular flexibility index (Phi) is 8.52. The van der Waals surface area contributed by atoms with Gasteiger partial charge in [-0.1, -0.05) is 13.0 Å². The van der Waals surface area contributed by atoms with Crippen molar-refractivity contribution in [3.05, 3.63) is 47.8 Å². The Labute approximate surface area is 173 Å². The summed E-state index contributed by atoms with van der Waals surface area (Å²) in [6.45, 7) is 11.3. The molecule has 0 fully saturated rings. The molecule has 0 saturated carbocycles. The molecule has 6 heteroatoms. The molecule has 0 aliphatic rings. The number of allylic oxidation sites excluding steroid dienone is 1. The van der Waals surface area contributed by atoms with E-state index >= 15 is 0 Å². The van der Waals surface area contributed by atoms with Crippen LogP contribution in [0.15, 0.2) is 41.5 Å². The molecule has 0 amide bonds. The summed E-state index contributed by atoms with van der Waals surface area (Å²) in [4.78, 5) is 13.7. The zero-order chi connectivity index (χ0) is 21.2. The number of hydrogen-bond acceptors (Lipinski definition) is 6. The number of pyridine rings is 2. The first-order chi connectivity index (χ1) is 14.0. The first-order valence-electron chi connectivity index (χ1n) is 10.1. The smallest absolute Gasteiger partial charge is 0.222 e. The number of aromatic nitrogens is 2. The third kappa shape index (κ3) is 5.98. The van der Waals surface area contributed by atoms with E-state index in [2.05, 4.69) is 29.1 Å². The Balaban J connectivity index is 2.42. The standard InChI is InChI=1S/C23H31N5O/c1-6-10-18(27-16(4)7-2)15-26-20-13-21(28-22(14-24)17(20)5)19-11-9-12-25-23(19)29-8-3/h6,9-14,16,24H,7-8,15H2,1-5H3,(H,26,28)/b10-6-,24-14?,27-18+. The van der Waals surface area contributed by atoms with Crippen molar-refractivity contribution in [2.75, 3.05) is 18.5 Å². The van der Waals surface area contributed by atoms with Crippen LogP contribution < -0.4 is 10.1 Å². The predicted octanol–water partition coefficient (Wildman–Crippen LogP) is 5.08. The van der Waals surface area contributed by atoms with Crippen LogP contribution in [0.25, 0.3) is 11.3 Å². The first-order valence-corrected chi connectivity index (χ1v) is 10.1. The minimum absolute atomic E-state index is 0.276. The fourth-order valence-corrected chi connectivity index (χ4v) is 2.83. The van der Waals surface area contributed by atoms with E-state index in [1.54, 1.807) is 6.20 Å². The highest BCUT2D eigenvalue weighted by atomic mass is 16.5. The fraction of sp³-hybridized carbons (Fsp3) is 0.391. The molecule has 0 aliphatic heterocycles. The van der Waals surface area contributed by atoms with Gasteiger partial charge in [-0.05, 0) is 64.0 Å². The van der Waals surface area contributed by atoms with Crippen molar-refractivity contribution < 1.29 is 4.74 Å². The minimum Gasteiger partial charge on any atom is -0.477 e. The molecule has 2 rings (SSSR count). The van der Waals surface area contributed by atoms with Crippen LogP contribution in [0.1, 0.15) is 45.4 Å². The van der Waals surface area contributed by atoms with Gasteiger partial charge in [0.1, 0.15) is 0 Å². The molecule has 6 nitrogen and oxygen atoms in total. The lowest BCUT2D eigenvalue weighted by molar-refractivity contribution is 0.328.